The highest BCUT2D eigenvalue weighted by molar-refractivity contribution is 7.08. The molecule has 0 radical (unpaired) electrons. The van der Waals surface area contributed by atoms with Crippen LogP contribution in [-0.4, -0.2) is 16.1 Å². The molecule has 1 N–H and O–H groups in total. The number of hydrogen-bond acceptors (Lipinski definition) is 4. The first-order chi connectivity index (χ1) is 9.83. The third-order valence-corrected chi connectivity index (χ3v) is 3.44. The minimum atomic E-state index is -0.173. The Morgan fingerprint density at radius 2 is 1.85 bits per heavy atom. The molecule has 1 amide bonds. The Kier molecular flexibility index (Phi) is 3.52. The third-order valence-electron chi connectivity index (χ3n) is 2.76. The van der Waals surface area contributed by atoms with Crippen LogP contribution in [0.1, 0.15) is 10.4 Å². The summed E-state index contributed by atoms with van der Waals surface area (Å²) >= 11 is 1.48. The largest absolute Gasteiger partial charge is 0.305 e. The molecule has 3 rings (SSSR count). The van der Waals surface area contributed by atoms with Crippen LogP contribution in [0, 0.1) is 0 Å². The second-order valence-electron chi connectivity index (χ2n) is 4.14. The standard InChI is InChI=1S/C15H11N3OS/c19-15(12-8-9-20-10-12)16-14-7-6-13(17-18-14)11-4-2-1-3-5-11/h1-10H,(H,16,18,19). The zero-order valence-corrected chi connectivity index (χ0v) is 11.3. The molecule has 0 atom stereocenters. The molecule has 5 heteroatoms. The lowest BCUT2D eigenvalue weighted by Crippen LogP contribution is -2.12. The highest BCUT2D eigenvalue weighted by Gasteiger charge is 2.07. The molecule has 2 aromatic heterocycles. The van der Waals surface area contributed by atoms with E-state index in [0.717, 1.165) is 11.3 Å². The van der Waals surface area contributed by atoms with E-state index in [9.17, 15) is 4.79 Å². The van der Waals surface area contributed by atoms with Crippen LogP contribution in [0.2, 0.25) is 0 Å². The monoisotopic (exact) mass is 281 g/mol. The molecule has 0 aliphatic heterocycles. The van der Waals surface area contributed by atoms with E-state index in [2.05, 4.69) is 15.5 Å². The summed E-state index contributed by atoms with van der Waals surface area (Å²) in [5, 5.41) is 14.5. The van der Waals surface area contributed by atoms with Gasteiger partial charge in [-0.1, -0.05) is 30.3 Å². The maximum absolute atomic E-state index is 11.9. The molecule has 2 heterocycles. The van der Waals surface area contributed by atoms with Gasteiger partial charge in [-0.3, -0.25) is 4.79 Å². The summed E-state index contributed by atoms with van der Waals surface area (Å²) in [4.78, 5) is 11.9. The van der Waals surface area contributed by atoms with Crippen molar-refractivity contribution in [3.05, 3.63) is 64.9 Å². The minimum absolute atomic E-state index is 0.173. The summed E-state index contributed by atoms with van der Waals surface area (Å²) in [6.45, 7) is 0. The fourth-order valence-electron chi connectivity index (χ4n) is 1.74. The molecule has 4 nitrogen and oxygen atoms in total. The Hall–Kier alpha value is -2.53. The average Bonchev–Trinajstić information content (AvgIpc) is 3.03. The summed E-state index contributed by atoms with van der Waals surface area (Å²) in [6, 6.07) is 15.1. The number of nitrogens with one attached hydrogen (secondary N) is 1. The van der Waals surface area contributed by atoms with Crippen LogP contribution in [0.25, 0.3) is 11.3 Å². The highest BCUT2D eigenvalue weighted by Crippen LogP contribution is 2.16. The second-order valence-corrected chi connectivity index (χ2v) is 4.92. The van der Waals surface area contributed by atoms with Crippen LogP contribution < -0.4 is 5.32 Å². The Labute approximate surface area is 120 Å². The summed E-state index contributed by atoms with van der Waals surface area (Å²) in [6.07, 6.45) is 0. The quantitative estimate of drug-likeness (QED) is 0.800. The molecule has 0 aliphatic carbocycles. The van der Waals surface area contributed by atoms with Crippen molar-refractivity contribution in [2.75, 3.05) is 5.32 Å². The number of hydrogen-bond donors (Lipinski definition) is 1. The van der Waals surface area contributed by atoms with Gasteiger partial charge in [0.1, 0.15) is 0 Å². The average molecular weight is 281 g/mol. The molecule has 3 aromatic rings. The van der Waals surface area contributed by atoms with Crippen molar-refractivity contribution >= 4 is 23.1 Å². The van der Waals surface area contributed by atoms with E-state index in [4.69, 9.17) is 0 Å². The van der Waals surface area contributed by atoms with Crippen LogP contribution in [0.3, 0.4) is 0 Å². The van der Waals surface area contributed by atoms with Gasteiger partial charge in [-0.05, 0) is 23.6 Å². The van der Waals surface area contributed by atoms with Crippen LogP contribution in [0.5, 0.6) is 0 Å². The van der Waals surface area contributed by atoms with Crippen molar-refractivity contribution < 1.29 is 4.79 Å². The smallest absolute Gasteiger partial charge is 0.257 e. The van der Waals surface area contributed by atoms with Gasteiger partial charge < -0.3 is 5.32 Å². The van der Waals surface area contributed by atoms with Gasteiger partial charge >= 0.3 is 0 Å². The van der Waals surface area contributed by atoms with Gasteiger partial charge in [0.05, 0.1) is 11.3 Å². The number of carbonyl (C=O) groups is 1. The number of rotatable bonds is 3. The number of carbonyl (C=O) groups excluding carboxylic acids is 1. The molecule has 0 aliphatic rings. The van der Waals surface area contributed by atoms with E-state index in [0.29, 0.717) is 11.4 Å². The van der Waals surface area contributed by atoms with Gasteiger partial charge in [-0.2, -0.15) is 11.3 Å². The lowest BCUT2D eigenvalue weighted by molar-refractivity contribution is 0.102. The first-order valence-electron chi connectivity index (χ1n) is 6.05. The normalized spacial score (nSPS) is 10.2. The molecule has 0 fully saturated rings. The molecule has 0 spiro atoms. The topological polar surface area (TPSA) is 54.9 Å². The number of amides is 1. The first-order valence-corrected chi connectivity index (χ1v) is 7.00. The molecular weight excluding hydrogens is 270 g/mol. The molecule has 1 aromatic carbocycles. The fourth-order valence-corrected chi connectivity index (χ4v) is 2.38. The lowest BCUT2D eigenvalue weighted by Gasteiger charge is -2.03. The Balaban J connectivity index is 1.75. The minimum Gasteiger partial charge on any atom is -0.305 e. The zero-order chi connectivity index (χ0) is 13.8. The first kappa shape index (κ1) is 12.5. The van der Waals surface area contributed by atoms with Gasteiger partial charge in [0, 0.05) is 10.9 Å². The molecule has 0 bridgehead atoms. The number of aromatic nitrogens is 2. The molecule has 98 valence electrons. The maximum atomic E-state index is 11.9. The number of nitrogens with zero attached hydrogens (tertiary/aromatic N) is 2. The Morgan fingerprint density at radius 3 is 2.50 bits per heavy atom. The van der Waals surface area contributed by atoms with E-state index in [1.807, 2.05) is 41.8 Å². The van der Waals surface area contributed by atoms with Gasteiger partial charge in [0.15, 0.2) is 5.82 Å². The molecule has 0 saturated heterocycles. The molecule has 0 unspecified atom stereocenters. The van der Waals surface area contributed by atoms with Crippen molar-refractivity contribution in [3.63, 3.8) is 0 Å². The van der Waals surface area contributed by atoms with Crippen LogP contribution in [0.4, 0.5) is 5.82 Å². The number of benzene rings is 1. The van der Waals surface area contributed by atoms with Crippen LogP contribution in [0.15, 0.2) is 59.3 Å². The van der Waals surface area contributed by atoms with E-state index in [1.165, 1.54) is 11.3 Å². The Morgan fingerprint density at radius 1 is 1.00 bits per heavy atom. The van der Waals surface area contributed by atoms with Crippen molar-refractivity contribution in [1.29, 1.82) is 0 Å². The summed E-state index contributed by atoms with van der Waals surface area (Å²) < 4.78 is 0. The molecule has 20 heavy (non-hydrogen) atoms. The van der Waals surface area contributed by atoms with Gasteiger partial charge in [0.25, 0.3) is 5.91 Å². The van der Waals surface area contributed by atoms with Crippen LogP contribution in [-0.2, 0) is 0 Å². The number of anilines is 1. The van der Waals surface area contributed by atoms with Crippen molar-refractivity contribution in [3.8, 4) is 11.3 Å². The lowest BCUT2D eigenvalue weighted by atomic mass is 10.1. The van der Waals surface area contributed by atoms with Crippen molar-refractivity contribution in [2.45, 2.75) is 0 Å². The highest BCUT2D eigenvalue weighted by atomic mass is 32.1. The van der Waals surface area contributed by atoms with Gasteiger partial charge in [0.2, 0.25) is 0 Å². The van der Waals surface area contributed by atoms with Crippen molar-refractivity contribution in [2.24, 2.45) is 0 Å². The molecule has 0 saturated carbocycles. The van der Waals surface area contributed by atoms with E-state index < -0.39 is 0 Å². The maximum Gasteiger partial charge on any atom is 0.257 e. The van der Waals surface area contributed by atoms with Gasteiger partial charge in [-0.25, -0.2) is 0 Å². The molecular formula is C15H11N3OS. The number of thiophene rings is 1. The second kappa shape index (κ2) is 5.63. The zero-order valence-electron chi connectivity index (χ0n) is 10.5. The van der Waals surface area contributed by atoms with E-state index >= 15 is 0 Å². The predicted molar refractivity (Wildman–Crippen MR) is 79.7 cm³/mol. The summed E-state index contributed by atoms with van der Waals surface area (Å²) in [5.41, 5.74) is 2.40. The van der Waals surface area contributed by atoms with Crippen molar-refractivity contribution in [1.82, 2.24) is 10.2 Å². The summed E-state index contributed by atoms with van der Waals surface area (Å²) in [7, 11) is 0. The fraction of sp³-hybridized carbons (Fsp3) is 0. The predicted octanol–water partition coefficient (Wildman–Crippen LogP) is 3.46. The van der Waals surface area contributed by atoms with E-state index in [1.54, 1.807) is 17.5 Å². The SMILES string of the molecule is O=C(Nc1ccc(-c2ccccc2)nn1)c1ccsc1. The van der Waals surface area contributed by atoms with E-state index in [-0.39, 0.29) is 5.91 Å². The van der Waals surface area contributed by atoms with Crippen LogP contribution >= 0.6 is 11.3 Å². The summed E-state index contributed by atoms with van der Waals surface area (Å²) in [5.74, 6) is 0.272. The third kappa shape index (κ3) is 2.73. The van der Waals surface area contributed by atoms with Gasteiger partial charge in [-0.15, -0.1) is 10.2 Å². The Bertz CT molecular complexity index is 694.